The van der Waals surface area contributed by atoms with Crippen LogP contribution in [0.4, 0.5) is 11.4 Å². The molecule has 6 nitrogen and oxygen atoms in total. The molecule has 1 heterocycles. The second-order valence-electron chi connectivity index (χ2n) is 4.36. The summed E-state index contributed by atoms with van der Waals surface area (Å²) in [6.07, 6.45) is 1.31. The molecular formula is C13H12BrN3O3. The minimum atomic E-state index is -0.526. The van der Waals surface area contributed by atoms with E-state index in [4.69, 9.17) is 0 Å². The van der Waals surface area contributed by atoms with Gasteiger partial charge in [0.1, 0.15) is 5.69 Å². The van der Waals surface area contributed by atoms with Crippen molar-refractivity contribution in [2.24, 2.45) is 7.05 Å². The van der Waals surface area contributed by atoms with Crippen molar-refractivity contribution in [3.05, 3.63) is 56.3 Å². The van der Waals surface area contributed by atoms with Crippen molar-refractivity contribution in [3.63, 3.8) is 0 Å². The first-order valence-corrected chi connectivity index (χ1v) is 6.56. The molecule has 0 saturated carbocycles. The molecule has 1 N–H and O–H groups in total. The molecule has 0 unspecified atom stereocenters. The predicted molar refractivity (Wildman–Crippen MR) is 78.9 cm³/mol. The normalized spacial score (nSPS) is 10.3. The lowest BCUT2D eigenvalue weighted by molar-refractivity contribution is -0.384. The lowest BCUT2D eigenvalue weighted by atomic mass is 10.2. The summed E-state index contributed by atoms with van der Waals surface area (Å²) in [5.74, 6) is -0.383. The van der Waals surface area contributed by atoms with Gasteiger partial charge >= 0.3 is 0 Å². The van der Waals surface area contributed by atoms with Crippen LogP contribution in [0, 0.1) is 17.0 Å². The van der Waals surface area contributed by atoms with Crippen LogP contribution < -0.4 is 5.32 Å². The molecule has 1 aromatic heterocycles. The molecule has 0 bridgehead atoms. The maximum atomic E-state index is 12.1. The second kappa shape index (κ2) is 5.46. The third-order valence-corrected chi connectivity index (χ3v) is 3.36. The summed E-state index contributed by atoms with van der Waals surface area (Å²) in [6.45, 7) is 1.87. The van der Waals surface area contributed by atoms with Crippen LogP contribution in [0.1, 0.15) is 16.1 Å². The first-order valence-electron chi connectivity index (χ1n) is 5.76. The van der Waals surface area contributed by atoms with Gasteiger partial charge in [-0.25, -0.2) is 0 Å². The van der Waals surface area contributed by atoms with Crippen molar-refractivity contribution in [2.45, 2.75) is 6.92 Å². The molecule has 0 fully saturated rings. The minimum absolute atomic E-state index is 0.106. The maximum Gasteiger partial charge on any atom is 0.287 e. The van der Waals surface area contributed by atoms with Gasteiger partial charge in [0.25, 0.3) is 11.6 Å². The number of rotatable bonds is 3. The zero-order chi connectivity index (χ0) is 14.9. The van der Waals surface area contributed by atoms with E-state index in [2.05, 4.69) is 21.2 Å². The molecule has 2 aromatic rings. The van der Waals surface area contributed by atoms with Crippen molar-refractivity contribution in [2.75, 3.05) is 5.32 Å². The Balaban J connectivity index is 2.26. The Morgan fingerprint density at radius 2 is 2.10 bits per heavy atom. The zero-order valence-electron chi connectivity index (χ0n) is 10.9. The molecule has 104 valence electrons. The smallest absolute Gasteiger partial charge is 0.287 e. The number of halogens is 1. The Kier molecular flexibility index (Phi) is 3.89. The van der Waals surface area contributed by atoms with Gasteiger partial charge in [-0.15, -0.1) is 0 Å². The number of carbonyl (C=O) groups is 1. The summed E-state index contributed by atoms with van der Waals surface area (Å²) < 4.78 is 2.35. The molecule has 2 rings (SSSR count). The standard InChI is InChI=1S/C13H12BrN3O3/c1-8-5-9(14)3-4-11(8)15-13(18)12-6-10(17(19)20)7-16(12)2/h3-7H,1-2H3,(H,15,18). The van der Waals surface area contributed by atoms with E-state index in [9.17, 15) is 14.9 Å². The fraction of sp³-hybridized carbons (Fsp3) is 0.154. The third-order valence-electron chi connectivity index (χ3n) is 2.87. The number of aromatic nitrogens is 1. The second-order valence-corrected chi connectivity index (χ2v) is 5.28. The van der Waals surface area contributed by atoms with E-state index in [0.29, 0.717) is 5.69 Å². The summed E-state index contributed by atoms with van der Waals surface area (Å²) in [6, 6.07) is 6.72. The van der Waals surface area contributed by atoms with Crippen molar-refractivity contribution in [1.29, 1.82) is 0 Å². The highest BCUT2D eigenvalue weighted by molar-refractivity contribution is 9.10. The molecule has 1 amide bonds. The molecule has 1 aromatic carbocycles. The van der Waals surface area contributed by atoms with Crippen LogP contribution in [0.2, 0.25) is 0 Å². The number of benzene rings is 1. The molecule has 7 heteroatoms. The molecule has 0 saturated heterocycles. The Morgan fingerprint density at radius 3 is 2.65 bits per heavy atom. The van der Waals surface area contributed by atoms with Crippen molar-refractivity contribution in [3.8, 4) is 0 Å². The Bertz CT molecular complexity index is 694. The third kappa shape index (κ3) is 2.88. The number of hydrogen-bond acceptors (Lipinski definition) is 3. The molecule has 0 aliphatic rings. The zero-order valence-corrected chi connectivity index (χ0v) is 12.5. The number of nitrogens with zero attached hydrogens (tertiary/aromatic N) is 2. The highest BCUT2D eigenvalue weighted by Gasteiger charge is 2.18. The van der Waals surface area contributed by atoms with Gasteiger partial charge in [-0.3, -0.25) is 14.9 Å². The summed E-state index contributed by atoms with van der Waals surface area (Å²) in [7, 11) is 1.59. The van der Waals surface area contributed by atoms with Crippen LogP contribution >= 0.6 is 15.9 Å². The van der Waals surface area contributed by atoms with E-state index in [-0.39, 0.29) is 17.3 Å². The van der Waals surface area contributed by atoms with Crippen LogP contribution in [0.15, 0.2) is 34.9 Å². The fourth-order valence-corrected chi connectivity index (χ4v) is 2.30. The van der Waals surface area contributed by atoms with E-state index in [1.54, 1.807) is 13.1 Å². The molecule has 0 aliphatic carbocycles. The summed E-state index contributed by atoms with van der Waals surface area (Å²) in [5, 5.41) is 13.4. The molecular weight excluding hydrogens is 326 g/mol. The largest absolute Gasteiger partial charge is 0.340 e. The van der Waals surface area contributed by atoms with Crippen LogP contribution in [-0.2, 0) is 7.05 Å². The number of hydrogen-bond donors (Lipinski definition) is 1. The Morgan fingerprint density at radius 1 is 1.40 bits per heavy atom. The highest BCUT2D eigenvalue weighted by Crippen LogP contribution is 2.22. The van der Waals surface area contributed by atoms with Gasteiger partial charge in [-0.2, -0.15) is 0 Å². The van der Waals surface area contributed by atoms with E-state index < -0.39 is 4.92 Å². The van der Waals surface area contributed by atoms with Crippen molar-refractivity contribution >= 4 is 33.2 Å². The Labute approximate surface area is 123 Å². The number of anilines is 1. The van der Waals surface area contributed by atoms with Gasteiger partial charge in [-0.1, -0.05) is 15.9 Å². The SMILES string of the molecule is Cc1cc(Br)ccc1NC(=O)c1cc([N+](=O)[O-])cn1C. The molecule has 0 spiro atoms. The number of nitrogens with one attached hydrogen (secondary N) is 1. The fourth-order valence-electron chi connectivity index (χ4n) is 1.83. The predicted octanol–water partition coefficient (Wildman–Crippen LogP) is 3.26. The van der Waals surface area contributed by atoms with Gasteiger partial charge in [0, 0.05) is 23.3 Å². The van der Waals surface area contributed by atoms with E-state index >= 15 is 0 Å². The van der Waals surface area contributed by atoms with Crippen molar-refractivity contribution < 1.29 is 9.72 Å². The Hall–Kier alpha value is -2.15. The summed E-state index contributed by atoms with van der Waals surface area (Å²) >= 11 is 3.35. The first kappa shape index (κ1) is 14.3. The van der Waals surface area contributed by atoms with E-state index in [0.717, 1.165) is 10.0 Å². The number of amides is 1. The number of aryl methyl sites for hydroxylation is 2. The van der Waals surface area contributed by atoms with E-state index in [1.807, 2.05) is 19.1 Å². The van der Waals surface area contributed by atoms with Crippen molar-refractivity contribution in [1.82, 2.24) is 4.57 Å². The van der Waals surface area contributed by atoms with Crippen LogP contribution in [-0.4, -0.2) is 15.4 Å². The lowest BCUT2D eigenvalue weighted by Gasteiger charge is -2.08. The number of nitro groups is 1. The number of carbonyl (C=O) groups excluding carboxylic acids is 1. The summed E-state index contributed by atoms with van der Waals surface area (Å²) in [5.41, 5.74) is 1.70. The average Bonchev–Trinajstić information content (AvgIpc) is 2.75. The van der Waals surface area contributed by atoms with Crippen LogP contribution in [0.5, 0.6) is 0 Å². The average molecular weight is 338 g/mol. The van der Waals surface area contributed by atoms with Gasteiger partial charge in [0.15, 0.2) is 0 Å². The van der Waals surface area contributed by atoms with Crippen LogP contribution in [0.25, 0.3) is 0 Å². The topological polar surface area (TPSA) is 77.2 Å². The highest BCUT2D eigenvalue weighted by atomic mass is 79.9. The van der Waals surface area contributed by atoms with Gasteiger partial charge in [-0.05, 0) is 30.7 Å². The minimum Gasteiger partial charge on any atom is -0.340 e. The van der Waals surface area contributed by atoms with Crippen LogP contribution in [0.3, 0.4) is 0 Å². The van der Waals surface area contributed by atoms with E-state index in [1.165, 1.54) is 16.8 Å². The first-order chi connectivity index (χ1) is 9.38. The van der Waals surface area contributed by atoms with Gasteiger partial charge < -0.3 is 9.88 Å². The molecule has 20 heavy (non-hydrogen) atoms. The van der Waals surface area contributed by atoms with Gasteiger partial charge in [0.05, 0.1) is 11.1 Å². The monoisotopic (exact) mass is 337 g/mol. The molecule has 0 radical (unpaired) electrons. The lowest BCUT2D eigenvalue weighted by Crippen LogP contribution is -2.15. The molecule has 0 atom stereocenters. The molecule has 0 aliphatic heterocycles. The van der Waals surface area contributed by atoms with Gasteiger partial charge in [0.2, 0.25) is 0 Å². The maximum absolute atomic E-state index is 12.1. The summed E-state index contributed by atoms with van der Waals surface area (Å²) in [4.78, 5) is 22.3. The quantitative estimate of drug-likeness (QED) is 0.689.